The van der Waals surface area contributed by atoms with Gasteiger partial charge in [0.15, 0.2) is 0 Å². The van der Waals surface area contributed by atoms with Crippen LogP contribution in [0.15, 0.2) is 48.5 Å². The number of urea groups is 1. The molecule has 0 aliphatic rings. The second kappa shape index (κ2) is 8.66. The zero-order valence-corrected chi connectivity index (χ0v) is 15.9. The topological polar surface area (TPSA) is 84.2 Å². The number of carbonyl (C=O) groups excluding carboxylic acids is 2. The normalized spacial score (nSPS) is 12.3. The van der Waals surface area contributed by atoms with Crippen LogP contribution >= 0.6 is 0 Å². The molecule has 0 radical (unpaired) electrons. The summed E-state index contributed by atoms with van der Waals surface area (Å²) in [6.45, 7) is 6.59. The molecule has 5 nitrogen and oxygen atoms in total. The number of rotatable bonds is 6. The first-order chi connectivity index (χ1) is 12.6. The lowest BCUT2D eigenvalue weighted by atomic mass is 9.85. The van der Waals surface area contributed by atoms with Crippen LogP contribution in [0, 0.1) is 11.2 Å². The Morgan fingerprint density at radius 1 is 1.04 bits per heavy atom. The van der Waals surface area contributed by atoms with Crippen LogP contribution < -0.4 is 16.4 Å². The summed E-state index contributed by atoms with van der Waals surface area (Å²) in [6.07, 6.45) is 0.713. The first kappa shape index (κ1) is 20.4. The Labute approximate surface area is 159 Å². The number of nitrogens with one attached hydrogen (secondary N) is 2. The third-order valence-electron chi connectivity index (χ3n) is 4.08. The predicted octanol–water partition coefficient (Wildman–Crippen LogP) is 3.90. The van der Waals surface area contributed by atoms with Crippen LogP contribution in [0.1, 0.15) is 54.7 Å². The van der Waals surface area contributed by atoms with E-state index in [0.717, 1.165) is 11.1 Å². The fraction of sp³-hybridized carbons (Fsp3) is 0.333. The largest absolute Gasteiger partial charge is 0.352 e. The summed E-state index contributed by atoms with van der Waals surface area (Å²) in [5.74, 6) is -0.511. The highest BCUT2D eigenvalue weighted by Crippen LogP contribution is 2.29. The standard InChI is InChI=1S/C21H26FN3O2/c1-21(2,3)12-18(15-8-10-17(22)11-9-15)25-19(26)16-6-4-14(5-7-16)13-24-20(23)27/h4-11,18H,12-13H2,1-3H3,(H,25,26)(H3,23,24,27)/t18-/m1/s1. The van der Waals surface area contributed by atoms with Gasteiger partial charge in [-0.05, 0) is 47.2 Å². The summed E-state index contributed by atoms with van der Waals surface area (Å²) in [6, 6.07) is 12.3. The molecule has 0 aliphatic carbocycles. The third-order valence-corrected chi connectivity index (χ3v) is 4.08. The Morgan fingerprint density at radius 2 is 1.63 bits per heavy atom. The van der Waals surface area contributed by atoms with Crippen molar-refractivity contribution in [1.29, 1.82) is 0 Å². The Bertz CT molecular complexity index is 781. The summed E-state index contributed by atoms with van der Waals surface area (Å²) < 4.78 is 13.2. The zero-order valence-electron chi connectivity index (χ0n) is 15.9. The van der Waals surface area contributed by atoms with Crippen LogP contribution in [0.3, 0.4) is 0 Å². The van der Waals surface area contributed by atoms with E-state index >= 15 is 0 Å². The lowest BCUT2D eigenvalue weighted by Crippen LogP contribution is -2.31. The van der Waals surface area contributed by atoms with E-state index in [1.807, 2.05) is 0 Å². The molecule has 3 amide bonds. The van der Waals surface area contributed by atoms with E-state index < -0.39 is 6.03 Å². The van der Waals surface area contributed by atoms with Crippen LogP contribution in [0.5, 0.6) is 0 Å². The number of carbonyl (C=O) groups is 2. The number of hydrogen-bond acceptors (Lipinski definition) is 2. The van der Waals surface area contributed by atoms with Gasteiger partial charge in [-0.25, -0.2) is 9.18 Å². The molecular weight excluding hydrogens is 345 g/mol. The van der Waals surface area contributed by atoms with E-state index in [1.165, 1.54) is 12.1 Å². The van der Waals surface area contributed by atoms with Gasteiger partial charge in [0.1, 0.15) is 5.82 Å². The maximum atomic E-state index is 13.2. The van der Waals surface area contributed by atoms with E-state index in [0.29, 0.717) is 18.5 Å². The average molecular weight is 371 g/mol. The molecule has 0 spiro atoms. The van der Waals surface area contributed by atoms with Gasteiger partial charge in [-0.1, -0.05) is 45.0 Å². The Morgan fingerprint density at radius 3 is 2.15 bits per heavy atom. The van der Waals surface area contributed by atoms with Gasteiger partial charge in [-0.15, -0.1) is 0 Å². The van der Waals surface area contributed by atoms with Crippen molar-refractivity contribution in [3.05, 3.63) is 71.0 Å². The summed E-state index contributed by atoms with van der Waals surface area (Å²) in [4.78, 5) is 23.4. The summed E-state index contributed by atoms with van der Waals surface area (Å²) in [5, 5.41) is 5.55. The minimum atomic E-state index is -0.596. The van der Waals surface area contributed by atoms with Gasteiger partial charge in [0.25, 0.3) is 5.91 Å². The highest BCUT2D eigenvalue weighted by Gasteiger charge is 2.22. The molecular formula is C21H26FN3O2. The van der Waals surface area contributed by atoms with Gasteiger partial charge in [-0.3, -0.25) is 4.79 Å². The van der Waals surface area contributed by atoms with Crippen molar-refractivity contribution < 1.29 is 14.0 Å². The van der Waals surface area contributed by atoms with Crippen molar-refractivity contribution in [2.45, 2.75) is 39.8 Å². The zero-order chi connectivity index (χ0) is 20.0. The molecule has 27 heavy (non-hydrogen) atoms. The predicted molar refractivity (Wildman–Crippen MR) is 104 cm³/mol. The molecule has 6 heteroatoms. The molecule has 0 saturated heterocycles. The molecule has 1 atom stereocenters. The second-order valence-electron chi connectivity index (χ2n) is 7.76. The smallest absolute Gasteiger partial charge is 0.312 e. The van der Waals surface area contributed by atoms with Crippen LogP contribution in [0.25, 0.3) is 0 Å². The lowest BCUT2D eigenvalue weighted by molar-refractivity contribution is 0.0926. The fourth-order valence-corrected chi connectivity index (χ4v) is 2.76. The first-order valence-corrected chi connectivity index (χ1v) is 8.82. The van der Waals surface area contributed by atoms with Crippen LogP contribution in [-0.2, 0) is 6.54 Å². The lowest BCUT2D eigenvalue weighted by Gasteiger charge is -2.27. The fourth-order valence-electron chi connectivity index (χ4n) is 2.76. The minimum absolute atomic E-state index is 0.0172. The number of hydrogen-bond donors (Lipinski definition) is 3. The molecule has 2 aromatic carbocycles. The molecule has 0 bridgehead atoms. The molecule has 0 aliphatic heterocycles. The summed E-state index contributed by atoms with van der Waals surface area (Å²) in [5.41, 5.74) is 7.25. The molecule has 4 N–H and O–H groups in total. The van der Waals surface area contributed by atoms with Gasteiger partial charge in [0.05, 0.1) is 6.04 Å². The SMILES string of the molecule is CC(C)(C)C[C@@H](NC(=O)c1ccc(CNC(N)=O)cc1)c1ccc(F)cc1. The number of benzene rings is 2. The summed E-state index contributed by atoms with van der Waals surface area (Å²) >= 11 is 0. The maximum absolute atomic E-state index is 13.2. The van der Waals surface area contributed by atoms with E-state index in [2.05, 4.69) is 31.4 Å². The van der Waals surface area contributed by atoms with Crippen LogP contribution in [0.4, 0.5) is 9.18 Å². The molecule has 0 saturated carbocycles. The number of amides is 3. The van der Waals surface area contributed by atoms with Gasteiger partial charge in [-0.2, -0.15) is 0 Å². The molecule has 2 aromatic rings. The van der Waals surface area contributed by atoms with Gasteiger partial charge in [0, 0.05) is 12.1 Å². The quantitative estimate of drug-likeness (QED) is 0.719. The van der Waals surface area contributed by atoms with Crippen molar-refractivity contribution in [3.8, 4) is 0 Å². The van der Waals surface area contributed by atoms with Crippen molar-refractivity contribution in [2.75, 3.05) is 0 Å². The van der Waals surface area contributed by atoms with Crippen LogP contribution in [0.2, 0.25) is 0 Å². The average Bonchev–Trinajstić information content (AvgIpc) is 2.59. The Balaban J connectivity index is 2.12. The van der Waals surface area contributed by atoms with Crippen molar-refractivity contribution in [1.82, 2.24) is 10.6 Å². The summed E-state index contributed by atoms with van der Waals surface area (Å²) in [7, 11) is 0. The van der Waals surface area contributed by atoms with Gasteiger partial charge in [0.2, 0.25) is 0 Å². The van der Waals surface area contributed by atoms with Crippen LogP contribution in [-0.4, -0.2) is 11.9 Å². The molecule has 2 rings (SSSR count). The highest BCUT2D eigenvalue weighted by atomic mass is 19.1. The third kappa shape index (κ3) is 6.73. The van der Waals surface area contributed by atoms with Crippen molar-refractivity contribution in [3.63, 3.8) is 0 Å². The number of primary amides is 1. The van der Waals surface area contributed by atoms with E-state index in [1.54, 1.807) is 36.4 Å². The van der Waals surface area contributed by atoms with Crippen molar-refractivity contribution in [2.24, 2.45) is 11.1 Å². The number of halogens is 1. The Kier molecular flexibility index (Phi) is 6.55. The second-order valence-corrected chi connectivity index (χ2v) is 7.76. The van der Waals surface area contributed by atoms with E-state index in [4.69, 9.17) is 5.73 Å². The molecule has 144 valence electrons. The maximum Gasteiger partial charge on any atom is 0.312 e. The molecule has 0 aromatic heterocycles. The van der Waals surface area contributed by atoms with E-state index in [9.17, 15) is 14.0 Å². The van der Waals surface area contributed by atoms with Crippen molar-refractivity contribution >= 4 is 11.9 Å². The molecule has 0 fully saturated rings. The minimum Gasteiger partial charge on any atom is -0.352 e. The number of nitrogens with two attached hydrogens (primary N) is 1. The van der Waals surface area contributed by atoms with E-state index in [-0.39, 0.29) is 23.2 Å². The molecule has 0 unspecified atom stereocenters. The monoisotopic (exact) mass is 371 g/mol. The van der Waals surface area contributed by atoms with Gasteiger partial charge >= 0.3 is 6.03 Å². The first-order valence-electron chi connectivity index (χ1n) is 8.82. The Hall–Kier alpha value is -2.89. The highest BCUT2D eigenvalue weighted by molar-refractivity contribution is 5.94. The molecule has 0 heterocycles. The van der Waals surface area contributed by atoms with Gasteiger partial charge < -0.3 is 16.4 Å².